The maximum absolute atomic E-state index is 12.4. The molecule has 0 heterocycles. The van der Waals surface area contributed by atoms with Crippen molar-refractivity contribution < 1.29 is 8.42 Å². The van der Waals surface area contributed by atoms with Gasteiger partial charge in [-0.15, -0.1) is 12.4 Å². The molecule has 0 saturated heterocycles. The minimum Gasteiger partial charge on any atom is -0.328 e. The molecule has 0 spiro atoms. The summed E-state index contributed by atoms with van der Waals surface area (Å²) in [7, 11) is -3.16. The summed E-state index contributed by atoms with van der Waals surface area (Å²) >= 11 is 0. The van der Waals surface area contributed by atoms with Gasteiger partial charge in [-0.1, -0.05) is 17.7 Å². The van der Waals surface area contributed by atoms with Crippen LogP contribution in [0.1, 0.15) is 31.2 Å². The molecule has 3 nitrogen and oxygen atoms in total. The number of halogens is 1. The van der Waals surface area contributed by atoms with Gasteiger partial charge in [0.05, 0.1) is 10.1 Å². The number of sulfone groups is 1. The van der Waals surface area contributed by atoms with Gasteiger partial charge in [-0.25, -0.2) is 8.42 Å². The third kappa shape index (κ3) is 3.25. The largest absolute Gasteiger partial charge is 0.328 e. The van der Waals surface area contributed by atoms with Gasteiger partial charge in [0, 0.05) is 6.04 Å². The molecule has 0 amide bonds. The number of rotatable bonds is 2. The fourth-order valence-corrected chi connectivity index (χ4v) is 4.11. The van der Waals surface area contributed by atoms with E-state index in [9.17, 15) is 8.42 Å². The fraction of sp³-hybridized carbons (Fsp3) is 0.538. The van der Waals surface area contributed by atoms with E-state index in [1.165, 1.54) is 0 Å². The van der Waals surface area contributed by atoms with E-state index in [1.54, 1.807) is 12.1 Å². The van der Waals surface area contributed by atoms with E-state index >= 15 is 0 Å². The highest BCUT2D eigenvalue weighted by atomic mass is 35.5. The van der Waals surface area contributed by atoms with E-state index in [1.807, 2.05) is 19.1 Å². The first-order chi connectivity index (χ1) is 8.00. The molecule has 102 valence electrons. The second-order valence-electron chi connectivity index (χ2n) is 4.89. The maximum atomic E-state index is 12.4. The second-order valence-corrected chi connectivity index (χ2v) is 7.12. The molecule has 0 radical (unpaired) electrons. The van der Waals surface area contributed by atoms with Crippen molar-refractivity contribution in [3.63, 3.8) is 0 Å². The Labute approximate surface area is 115 Å². The zero-order chi connectivity index (χ0) is 12.5. The van der Waals surface area contributed by atoms with Gasteiger partial charge in [0.15, 0.2) is 9.84 Å². The van der Waals surface area contributed by atoms with Crippen LogP contribution in [-0.2, 0) is 9.84 Å². The van der Waals surface area contributed by atoms with E-state index < -0.39 is 9.84 Å². The number of hydrogen-bond donors (Lipinski definition) is 1. The number of nitrogens with two attached hydrogens (primary N) is 1. The van der Waals surface area contributed by atoms with Crippen LogP contribution < -0.4 is 5.73 Å². The molecule has 0 aromatic heterocycles. The number of benzene rings is 1. The third-order valence-corrected chi connectivity index (χ3v) is 5.79. The first kappa shape index (κ1) is 15.5. The predicted molar refractivity (Wildman–Crippen MR) is 75.8 cm³/mol. The average Bonchev–Trinajstić information content (AvgIpc) is 2.30. The van der Waals surface area contributed by atoms with E-state index in [2.05, 4.69) is 0 Å². The Balaban J connectivity index is 0.00000162. The van der Waals surface area contributed by atoms with Crippen LogP contribution in [0.25, 0.3) is 0 Å². The van der Waals surface area contributed by atoms with E-state index in [4.69, 9.17) is 5.73 Å². The molecule has 1 aromatic carbocycles. The van der Waals surface area contributed by atoms with Crippen LogP contribution in [-0.4, -0.2) is 19.7 Å². The Kier molecular flexibility index (Phi) is 5.20. The lowest BCUT2D eigenvalue weighted by molar-refractivity contribution is 0.433. The Morgan fingerprint density at radius 3 is 2.06 bits per heavy atom. The lowest BCUT2D eigenvalue weighted by atomic mass is 9.96. The summed E-state index contributed by atoms with van der Waals surface area (Å²) in [5.41, 5.74) is 6.88. The van der Waals surface area contributed by atoms with Crippen molar-refractivity contribution >= 4 is 22.2 Å². The minimum atomic E-state index is -3.16. The van der Waals surface area contributed by atoms with Crippen molar-refractivity contribution in [2.75, 3.05) is 0 Å². The molecule has 1 aliphatic carbocycles. The SMILES string of the molecule is Cc1ccc(S(=O)(=O)C2CCC(N)CC2)cc1.Cl. The summed E-state index contributed by atoms with van der Waals surface area (Å²) in [4.78, 5) is 0.448. The van der Waals surface area contributed by atoms with Crippen LogP contribution in [0.4, 0.5) is 0 Å². The topological polar surface area (TPSA) is 60.2 Å². The summed E-state index contributed by atoms with van der Waals surface area (Å²) in [6.45, 7) is 1.95. The van der Waals surface area contributed by atoms with Crippen LogP contribution in [0.5, 0.6) is 0 Å². The van der Waals surface area contributed by atoms with Crippen LogP contribution in [0.15, 0.2) is 29.2 Å². The highest BCUT2D eigenvalue weighted by Gasteiger charge is 2.30. The summed E-state index contributed by atoms with van der Waals surface area (Å²) < 4.78 is 24.7. The van der Waals surface area contributed by atoms with Gasteiger partial charge in [0.2, 0.25) is 0 Å². The van der Waals surface area contributed by atoms with Crippen LogP contribution in [0.3, 0.4) is 0 Å². The smallest absolute Gasteiger partial charge is 0.181 e. The first-order valence-corrected chi connectivity index (χ1v) is 7.61. The molecule has 0 bridgehead atoms. The second kappa shape index (κ2) is 6.04. The molecule has 1 aromatic rings. The quantitative estimate of drug-likeness (QED) is 0.910. The molecule has 1 saturated carbocycles. The average molecular weight is 290 g/mol. The van der Waals surface area contributed by atoms with Gasteiger partial charge in [0.25, 0.3) is 0 Å². The van der Waals surface area contributed by atoms with Crippen molar-refractivity contribution in [3.8, 4) is 0 Å². The zero-order valence-electron chi connectivity index (χ0n) is 10.5. The highest BCUT2D eigenvalue weighted by Crippen LogP contribution is 2.28. The van der Waals surface area contributed by atoms with Gasteiger partial charge >= 0.3 is 0 Å². The lowest BCUT2D eigenvalue weighted by Crippen LogP contribution is -2.33. The monoisotopic (exact) mass is 289 g/mol. The lowest BCUT2D eigenvalue weighted by Gasteiger charge is -2.25. The molecule has 0 atom stereocenters. The van der Waals surface area contributed by atoms with E-state index in [0.29, 0.717) is 17.7 Å². The first-order valence-electron chi connectivity index (χ1n) is 6.06. The van der Waals surface area contributed by atoms with Crippen molar-refractivity contribution in [1.82, 2.24) is 0 Å². The molecule has 2 N–H and O–H groups in total. The Morgan fingerprint density at radius 1 is 1.06 bits per heavy atom. The summed E-state index contributed by atoms with van der Waals surface area (Å²) in [5.74, 6) is 0. The van der Waals surface area contributed by atoms with Crippen LogP contribution >= 0.6 is 12.4 Å². The normalized spacial score (nSPS) is 24.3. The molecule has 18 heavy (non-hydrogen) atoms. The molecule has 0 aliphatic heterocycles. The highest BCUT2D eigenvalue weighted by molar-refractivity contribution is 7.92. The number of aryl methyl sites for hydroxylation is 1. The standard InChI is InChI=1S/C13H19NO2S.ClH/c1-10-2-6-12(7-3-10)17(15,16)13-8-4-11(14)5-9-13;/h2-3,6-7,11,13H,4-5,8-9,14H2,1H3;1H. The third-order valence-electron chi connectivity index (χ3n) is 3.51. The van der Waals surface area contributed by atoms with Gasteiger partial charge in [-0.05, 0) is 44.7 Å². The van der Waals surface area contributed by atoms with Crippen molar-refractivity contribution in [1.29, 1.82) is 0 Å². The molecule has 1 aliphatic rings. The van der Waals surface area contributed by atoms with Crippen LogP contribution in [0, 0.1) is 6.92 Å². The molecule has 5 heteroatoms. The van der Waals surface area contributed by atoms with Crippen molar-refractivity contribution in [2.45, 2.75) is 48.8 Å². The van der Waals surface area contributed by atoms with E-state index in [-0.39, 0.29) is 23.7 Å². The summed E-state index contributed by atoms with van der Waals surface area (Å²) in [5, 5.41) is -0.245. The summed E-state index contributed by atoms with van der Waals surface area (Å²) in [6, 6.07) is 7.29. The number of hydrogen-bond acceptors (Lipinski definition) is 3. The molecular formula is C13H20ClNO2S. The van der Waals surface area contributed by atoms with Crippen LogP contribution in [0.2, 0.25) is 0 Å². The molecule has 2 rings (SSSR count). The Hall–Kier alpha value is -0.580. The Morgan fingerprint density at radius 2 is 1.56 bits per heavy atom. The molecule has 0 unspecified atom stereocenters. The fourth-order valence-electron chi connectivity index (χ4n) is 2.32. The molecule has 1 fully saturated rings. The van der Waals surface area contributed by atoms with Gasteiger partial charge in [0.1, 0.15) is 0 Å². The summed E-state index contributed by atoms with van der Waals surface area (Å²) in [6.07, 6.45) is 3.01. The van der Waals surface area contributed by atoms with Gasteiger partial charge < -0.3 is 5.73 Å². The zero-order valence-corrected chi connectivity index (χ0v) is 12.1. The van der Waals surface area contributed by atoms with E-state index in [0.717, 1.165) is 18.4 Å². The van der Waals surface area contributed by atoms with Crippen molar-refractivity contribution in [3.05, 3.63) is 29.8 Å². The predicted octanol–water partition coefficient (Wildman–Crippen LogP) is 2.46. The maximum Gasteiger partial charge on any atom is 0.181 e. The van der Waals surface area contributed by atoms with Gasteiger partial charge in [-0.3, -0.25) is 0 Å². The minimum absolute atomic E-state index is 0. The molecular weight excluding hydrogens is 270 g/mol. The van der Waals surface area contributed by atoms with Crippen molar-refractivity contribution in [2.24, 2.45) is 5.73 Å². The Bertz CT molecular complexity index is 476. The van der Waals surface area contributed by atoms with Gasteiger partial charge in [-0.2, -0.15) is 0 Å².